The Bertz CT molecular complexity index is 824. The Morgan fingerprint density at radius 2 is 1.88 bits per heavy atom. The first-order valence-corrected chi connectivity index (χ1v) is 8.25. The SMILES string of the molecule is CC(Nc1ccc2c(c1)OCCCO2)C(=O)Nc1ccccc1[N+](=O)[O-]. The standard InChI is InChI=1S/C18H19N3O5/c1-12(18(22)20-14-5-2-3-6-15(14)21(23)24)19-13-7-8-16-17(11-13)26-10-4-9-25-16/h2-3,5-8,11-12,19H,4,9-10H2,1H3,(H,20,22). The van der Waals surface area contributed by atoms with Crippen LogP contribution in [0.25, 0.3) is 0 Å². The quantitative estimate of drug-likeness (QED) is 0.629. The third-order valence-electron chi connectivity index (χ3n) is 3.88. The van der Waals surface area contributed by atoms with Crippen LogP contribution in [0.5, 0.6) is 11.5 Å². The number of fused-ring (bicyclic) bond motifs is 1. The molecule has 1 heterocycles. The van der Waals surface area contributed by atoms with Crippen LogP contribution in [-0.4, -0.2) is 30.1 Å². The van der Waals surface area contributed by atoms with Crippen LogP contribution in [0.2, 0.25) is 0 Å². The fourth-order valence-corrected chi connectivity index (χ4v) is 2.55. The number of nitrogens with one attached hydrogen (secondary N) is 2. The van der Waals surface area contributed by atoms with E-state index in [9.17, 15) is 14.9 Å². The predicted molar refractivity (Wildman–Crippen MR) is 96.9 cm³/mol. The zero-order chi connectivity index (χ0) is 18.5. The van der Waals surface area contributed by atoms with Gasteiger partial charge in [-0.05, 0) is 25.1 Å². The van der Waals surface area contributed by atoms with Crippen LogP contribution in [0.4, 0.5) is 17.1 Å². The summed E-state index contributed by atoms with van der Waals surface area (Å²) in [4.78, 5) is 22.9. The average molecular weight is 357 g/mol. The number of nitro groups is 1. The van der Waals surface area contributed by atoms with Crippen LogP contribution < -0.4 is 20.1 Å². The van der Waals surface area contributed by atoms with Crippen LogP contribution in [0.3, 0.4) is 0 Å². The monoisotopic (exact) mass is 357 g/mol. The molecule has 0 bridgehead atoms. The van der Waals surface area contributed by atoms with E-state index in [1.54, 1.807) is 37.3 Å². The number of hydrogen-bond acceptors (Lipinski definition) is 6. The second kappa shape index (κ2) is 7.73. The number of anilines is 2. The zero-order valence-corrected chi connectivity index (χ0v) is 14.2. The van der Waals surface area contributed by atoms with E-state index in [-0.39, 0.29) is 17.3 Å². The van der Waals surface area contributed by atoms with Gasteiger partial charge in [0.1, 0.15) is 11.7 Å². The lowest BCUT2D eigenvalue weighted by molar-refractivity contribution is -0.383. The molecule has 1 unspecified atom stereocenters. The summed E-state index contributed by atoms with van der Waals surface area (Å²) in [5.74, 6) is 0.912. The summed E-state index contributed by atoms with van der Waals surface area (Å²) in [6.07, 6.45) is 0.812. The number of carbonyl (C=O) groups excluding carboxylic acids is 1. The van der Waals surface area contributed by atoms with Crippen LogP contribution in [-0.2, 0) is 4.79 Å². The summed E-state index contributed by atoms with van der Waals surface area (Å²) >= 11 is 0. The number of benzene rings is 2. The predicted octanol–water partition coefficient (Wildman–Crippen LogP) is 3.20. The van der Waals surface area contributed by atoms with Gasteiger partial charge in [-0.1, -0.05) is 12.1 Å². The Labute approximate surface area is 150 Å². The Hall–Kier alpha value is -3.29. The van der Waals surface area contributed by atoms with E-state index in [0.29, 0.717) is 30.4 Å². The number of nitrogens with zero attached hydrogens (tertiary/aromatic N) is 1. The maximum absolute atomic E-state index is 12.4. The Morgan fingerprint density at radius 3 is 2.65 bits per heavy atom. The molecule has 2 aromatic rings. The molecule has 1 amide bonds. The lowest BCUT2D eigenvalue weighted by Gasteiger charge is -2.16. The first-order valence-electron chi connectivity index (χ1n) is 8.25. The van der Waals surface area contributed by atoms with Gasteiger partial charge in [-0.15, -0.1) is 0 Å². The Kier molecular flexibility index (Phi) is 5.21. The molecule has 1 aliphatic rings. The van der Waals surface area contributed by atoms with Crippen molar-refractivity contribution in [3.63, 3.8) is 0 Å². The number of para-hydroxylation sites is 2. The van der Waals surface area contributed by atoms with Crippen LogP contribution in [0, 0.1) is 10.1 Å². The van der Waals surface area contributed by atoms with E-state index in [2.05, 4.69) is 10.6 Å². The molecule has 8 nitrogen and oxygen atoms in total. The minimum absolute atomic E-state index is 0.149. The van der Waals surface area contributed by atoms with Gasteiger partial charge in [-0.2, -0.15) is 0 Å². The molecule has 0 radical (unpaired) electrons. The number of hydrogen-bond donors (Lipinski definition) is 2. The molecule has 0 aromatic heterocycles. The van der Waals surface area contributed by atoms with Crippen molar-refractivity contribution in [3.8, 4) is 11.5 Å². The molecule has 0 saturated carbocycles. The van der Waals surface area contributed by atoms with Gasteiger partial charge in [0.05, 0.1) is 18.1 Å². The van der Waals surface area contributed by atoms with Crippen molar-refractivity contribution >= 4 is 23.0 Å². The summed E-state index contributed by atoms with van der Waals surface area (Å²) in [6.45, 7) is 2.85. The summed E-state index contributed by atoms with van der Waals surface area (Å²) in [5.41, 5.74) is 0.706. The molecule has 2 aromatic carbocycles. The molecule has 0 spiro atoms. The molecule has 1 aliphatic heterocycles. The molecule has 0 aliphatic carbocycles. The smallest absolute Gasteiger partial charge is 0.292 e. The molecule has 1 atom stereocenters. The van der Waals surface area contributed by atoms with E-state index in [1.165, 1.54) is 12.1 Å². The fraction of sp³-hybridized carbons (Fsp3) is 0.278. The second-order valence-corrected chi connectivity index (χ2v) is 5.84. The number of rotatable bonds is 5. The van der Waals surface area contributed by atoms with E-state index in [0.717, 1.165) is 6.42 Å². The lowest BCUT2D eigenvalue weighted by Crippen LogP contribution is -2.32. The van der Waals surface area contributed by atoms with Crippen molar-refractivity contribution in [3.05, 3.63) is 52.6 Å². The van der Waals surface area contributed by atoms with Crippen molar-refractivity contribution in [2.45, 2.75) is 19.4 Å². The number of nitro benzene ring substituents is 1. The minimum Gasteiger partial charge on any atom is -0.490 e. The summed E-state index contributed by atoms with van der Waals surface area (Å²) in [5, 5.41) is 16.7. The van der Waals surface area contributed by atoms with Gasteiger partial charge in [0.2, 0.25) is 5.91 Å². The largest absolute Gasteiger partial charge is 0.490 e. The van der Waals surface area contributed by atoms with Crippen LogP contribution in [0.1, 0.15) is 13.3 Å². The van der Waals surface area contributed by atoms with Gasteiger partial charge in [-0.3, -0.25) is 14.9 Å². The number of ether oxygens (including phenoxy) is 2. The number of carbonyl (C=O) groups is 1. The van der Waals surface area contributed by atoms with E-state index in [1.807, 2.05) is 0 Å². The van der Waals surface area contributed by atoms with Crippen molar-refractivity contribution in [1.82, 2.24) is 0 Å². The average Bonchev–Trinajstić information content (AvgIpc) is 2.86. The summed E-state index contributed by atoms with van der Waals surface area (Å²) in [7, 11) is 0. The highest BCUT2D eigenvalue weighted by atomic mass is 16.6. The molecule has 26 heavy (non-hydrogen) atoms. The van der Waals surface area contributed by atoms with Gasteiger partial charge in [0, 0.05) is 24.2 Å². The molecule has 0 saturated heterocycles. The molecule has 2 N–H and O–H groups in total. The maximum atomic E-state index is 12.4. The summed E-state index contributed by atoms with van der Waals surface area (Å²) < 4.78 is 11.2. The van der Waals surface area contributed by atoms with Gasteiger partial charge in [-0.25, -0.2) is 0 Å². The normalized spacial score (nSPS) is 14.0. The molecular weight excluding hydrogens is 338 g/mol. The van der Waals surface area contributed by atoms with E-state index in [4.69, 9.17) is 9.47 Å². The first kappa shape index (κ1) is 17.5. The zero-order valence-electron chi connectivity index (χ0n) is 14.2. The van der Waals surface area contributed by atoms with Gasteiger partial charge >= 0.3 is 0 Å². The van der Waals surface area contributed by atoms with Crippen LogP contribution in [0.15, 0.2) is 42.5 Å². The van der Waals surface area contributed by atoms with Crippen molar-refractivity contribution < 1.29 is 19.2 Å². The first-order chi connectivity index (χ1) is 12.5. The molecule has 0 fully saturated rings. The Morgan fingerprint density at radius 1 is 1.15 bits per heavy atom. The molecule has 8 heteroatoms. The van der Waals surface area contributed by atoms with Gasteiger partial charge in [0.15, 0.2) is 11.5 Å². The Balaban J connectivity index is 1.68. The third kappa shape index (κ3) is 4.02. The second-order valence-electron chi connectivity index (χ2n) is 5.84. The fourth-order valence-electron chi connectivity index (χ4n) is 2.55. The number of amides is 1. The lowest BCUT2D eigenvalue weighted by atomic mass is 10.2. The highest BCUT2D eigenvalue weighted by molar-refractivity contribution is 5.98. The topological polar surface area (TPSA) is 103 Å². The minimum atomic E-state index is -0.612. The molecular formula is C18H19N3O5. The van der Waals surface area contributed by atoms with Crippen LogP contribution >= 0.6 is 0 Å². The van der Waals surface area contributed by atoms with Gasteiger partial charge < -0.3 is 20.1 Å². The highest BCUT2D eigenvalue weighted by Crippen LogP contribution is 2.32. The summed E-state index contributed by atoms with van der Waals surface area (Å²) in [6, 6.07) is 10.8. The molecule has 3 rings (SSSR count). The molecule has 136 valence electrons. The van der Waals surface area contributed by atoms with E-state index >= 15 is 0 Å². The maximum Gasteiger partial charge on any atom is 0.292 e. The third-order valence-corrected chi connectivity index (χ3v) is 3.88. The van der Waals surface area contributed by atoms with Crippen molar-refractivity contribution in [2.75, 3.05) is 23.8 Å². The van der Waals surface area contributed by atoms with E-state index < -0.39 is 11.0 Å². The highest BCUT2D eigenvalue weighted by Gasteiger charge is 2.19. The van der Waals surface area contributed by atoms with Crippen molar-refractivity contribution in [1.29, 1.82) is 0 Å². The van der Waals surface area contributed by atoms with Crippen molar-refractivity contribution in [2.24, 2.45) is 0 Å². The van der Waals surface area contributed by atoms with Gasteiger partial charge in [0.25, 0.3) is 5.69 Å².